The molecule has 4 aromatic rings. The topological polar surface area (TPSA) is 40.5 Å². The molecule has 2 atom stereocenters. The fraction of sp³-hybridized carbons (Fsp3) is 0.143. The summed E-state index contributed by atoms with van der Waals surface area (Å²) in [6, 6.07) is 32.8. The van der Waals surface area contributed by atoms with Crippen LogP contribution < -0.4 is 0 Å². The molecule has 2 heteroatoms. The summed E-state index contributed by atoms with van der Waals surface area (Å²) in [6.07, 6.45) is 0. The highest BCUT2D eigenvalue weighted by atomic mass is 16.3. The highest BCUT2D eigenvalue weighted by Crippen LogP contribution is 2.44. The van der Waals surface area contributed by atoms with Crippen molar-refractivity contribution in [2.75, 3.05) is 0 Å². The third kappa shape index (κ3) is 3.95. The summed E-state index contributed by atoms with van der Waals surface area (Å²) in [6.45, 7) is 3.87. The minimum Gasteiger partial charge on any atom is -0.508 e. The van der Waals surface area contributed by atoms with Crippen LogP contribution in [0.5, 0.6) is 11.5 Å². The van der Waals surface area contributed by atoms with Crippen LogP contribution in [0.4, 0.5) is 0 Å². The van der Waals surface area contributed by atoms with Gasteiger partial charge < -0.3 is 10.2 Å². The lowest BCUT2D eigenvalue weighted by Crippen LogP contribution is -2.15. The van der Waals surface area contributed by atoms with Gasteiger partial charge in [0.15, 0.2) is 0 Å². The van der Waals surface area contributed by atoms with Gasteiger partial charge in [-0.2, -0.15) is 0 Å². The van der Waals surface area contributed by atoms with E-state index in [4.69, 9.17) is 0 Å². The molecule has 4 rings (SSSR count). The van der Waals surface area contributed by atoms with Crippen LogP contribution in [-0.4, -0.2) is 10.2 Å². The molecule has 30 heavy (non-hydrogen) atoms. The van der Waals surface area contributed by atoms with Crippen LogP contribution in [0.25, 0.3) is 0 Å². The van der Waals surface area contributed by atoms with Crippen molar-refractivity contribution >= 4 is 0 Å². The molecule has 0 amide bonds. The molecule has 2 unspecified atom stereocenters. The summed E-state index contributed by atoms with van der Waals surface area (Å²) in [5.74, 6) is 0.721. The normalized spacial score (nSPS) is 13.0. The molecule has 0 heterocycles. The fourth-order valence-corrected chi connectivity index (χ4v) is 4.22. The summed E-state index contributed by atoms with van der Waals surface area (Å²) in [5, 5.41) is 20.2. The molecule has 0 aromatic heterocycles. The van der Waals surface area contributed by atoms with Gasteiger partial charge in [-0.25, -0.2) is 0 Å². The molecule has 4 aromatic carbocycles. The van der Waals surface area contributed by atoms with Crippen molar-refractivity contribution < 1.29 is 10.2 Å². The third-order valence-corrected chi connectivity index (χ3v) is 5.81. The number of aryl methyl sites for hydroxylation is 2. The smallest absolute Gasteiger partial charge is 0.118 e. The Morgan fingerprint density at radius 2 is 0.833 bits per heavy atom. The van der Waals surface area contributed by atoms with E-state index in [1.165, 1.54) is 11.1 Å². The Labute approximate surface area is 178 Å². The summed E-state index contributed by atoms with van der Waals surface area (Å²) in [5.41, 5.74) is 6.45. The number of phenolic OH excluding ortho intramolecular Hbond substituents is 2. The van der Waals surface area contributed by atoms with Crippen LogP contribution in [-0.2, 0) is 0 Å². The van der Waals surface area contributed by atoms with Gasteiger partial charge >= 0.3 is 0 Å². The van der Waals surface area contributed by atoms with E-state index in [-0.39, 0.29) is 11.8 Å². The van der Waals surface area contributed by atoms with Gasteiger partial charge in [-0.1, -0.05) is 84.9 Å². The highest BCUT2D eigenvalue weighted by molar-refractivity contribution is 5.49. The van der Waals surface area contributed by atoms with E-state index in [0.29, 0.717) is 11.5 Å². The van der Waals surface area contributed by atoms with Crippen LogP contribution >= 0.6 is 0 Å². The maximum Gasteiger partial charge on any atom is 0.118 e. The molecule has 0 aliphatic rings. The second-order valence-electron chi connectivity index (χ2n) is 7.87. The van der Waals surface area contributed by atoms with E-state index < -0.39 is 0 Å². The summed E-state index contributed by atoms with van der Waals surface area (Å²) in [4.78, 5) is 0. The van der Waals surface area contributed by atoms with E-state index in [9.17, 15) is 10.2 Å². The molecule has 2 nitrogen and oxygen atoms in total. The quantitative estimate of drug-likeness (QED) is 0.396. The lowest BCUT2D eigenvalue weighted by molar-refractivity contribution is 0.469. The average molecular weight is 395 g/mol. The van der Waals surface area contributed by atoms with Gasteiger partial charge in [0.1, 0.15) is 11.5 Å². The van der Waals surface area contributed by atoms with Gasteiger partial charge in [0, 0.05) is 11.8 Å². The van der Waals surface area contributed by atoms with Crippen molar-refractivity contribution in [3.8, 4) is 11.5 Å². The molecular weight excluding hydrogens is 368 g/mol. The molecule has 2 N–H and O–H groups in total. The Balaban J connectivity index is 1.97. The van der Waals surface area contributed by atoms with E-state index in [1.807, 2.05) is 38.1 Å². The van der Waals surface area contributed by atoms with Crippen LogP contribution in [0.15, 0.2) is 97.1 Å². The minimum absolute atomic E-state index is 0.0526. The number of phenols is 2. The first-order chi connectivity index (χ1) is 14.5. The van der Waals surface area contributed by atoms with Crippen LogP contribution in [0.3, 0.4) is 0 Å². The van der Waals surface area contributed by atoms with Crippen molar-refractivity contribution in [2.45, 2.75) is 25.7 Å². The zero-order chi connectivity index (χ0) is 21.1. The standard InChI is InChI=1S/C28H26O2/c1-19-17-23(13-15-25(19)29)27(21-9-5-3-6-10-21)28(22-11-7-4-8-12-22)24-14-16-26(30)20(2)18-24/h3-18,27-30H,1-2H3. The van der Waals surface area contributed by atoms with Crippen LogP contribution in [0.2, 0.25) is 0 Å². The first-order valence-corrected chi connectivity index (χ1v) is 10.2. The van der Waals surface area contributed by atoms with Crippen molar-refractivity contribution in [3.05, 3.63) is 130 Å². The van der Waals surface area contributed by atoms with Crippen molar-refractivity contribution in [2.24, 2.45) is 0 Å². The van der Waals surface area contributed by atoms with E-state index in [2.05, 4.69) is 60.7 Å². The van der Waals surface area contributed by atoms with Crippen molar-refractivity contribution in [1.29, 1.82) is 0 Å². The fourth-order valence-electron chi connectivity index (χ4n) is 4.22. The zero-order valence-electron chi connectivity index (χ0n) is 17.3. The first-order valence-electron chi connectivity index (χ1n) is 10.2. The Hall–Kier alpha value is -3.52. The number of hydrogen-bond donors (Lipinski definition) is 2. The van der Waals surface area contributed by atoms with E-state index in [0.717, 1.165) is 22.3 Å². The SMILES string of the molecule is Cc1cc(C(c2ccccc2)C(c2ccccc2)c2ccc(O)c(C)c2)ccc1O. The average Bonchev–Trinajstić information content (AvgIpc) is 2.77. The second kappa shape index (κ2) is 8.46. The monoisotopic (exact) mass is 394 g/mol. The van der Waals surface area contributed by atoms with Gasteiger partial charge in [0.25, 0.3) is 0 Å². The van der Waals surface area contributed by atoms with Gasteiger partial charge in [-0.3, -0.25) is 0 Å². The number of aromatic hydroxyl groups is 2. The predicted octanol–water partition coefficient (Wildman–Crippen LogP) is 6.68. The molecule has 0 radical (unpaired) electrons. The molecule has 0 saturated heterocycles. The summed E-state index contributed by atoms with van der Waals surface area (Å²) >= 11 is 0. The predicted molar refractivity (Wildman–Crippen MR) is 122 cm³/mol. The third-order valence-electron chi connectivity index (χ3n) is 5.81. The van der Waals surface area contributed by atoms with E-state index >= 15 is 0 Å². The molecule has 0 aliphatic heterocycles. The maximum atomic E-state index is 10.1. The lowest BCUT2D eigenvalue weighted by Gasteiger charge is -2.30. The Morgan fingerprint density at radius 1 is 0.467 bits per heavy atom. The first kappa shape index (κ1) is 19.8. The zero-order valence-corrected chi connectivity index (χ0v) is 17.3. The number of rotatable bonds is 5. The molecule has 150 valence electrons. The molecule has 0 aliphatic carbocycles. The summed E-state index contributed by atoms with van der Waals surface area (Å²) in [7, 11) is 0. The molecule has 0 spiro atoms. The molecule has 0 bridgehead atoms. The van der Waals surface area contributed by atoms with Gasteiger partial charge in [-0.05, 0) is 59.4 Å². The highest BCUT2D eigenvalue weighted by Gasteiger charge is 2.28. The Kier molecular flexibility index (Phi) is 5.58. The Bertz CT molecular complexity index is 1040. The van der Waals surface area contributed by atoms with E-state index in [1.54, 1.807) is 12.1 Å². The maximum absolute atomic E-state index is 10.1. The van der Waals surface area contributed by atoms with Crippen molar-refractivity contribution in [1.82, 2.24) is 0 Å². The lowest BCUT2D eigenvalue weighted by atomic mass is 9.73. The molecule has 0 fully saturated rings. The second-order valence-corrected chi connectivity index (χ2v) is 7.87. The number of hydrogen-bond acceptors (Lipinski definition) is 2. The van der Waals surface area contributed by atoms with Crippen LogP contribution in [0, 0.1) is 13.8 Å². The number of benzene rings is 4. The van der Waals surface area contributed by atoms with Gasteiger partial charge in [0.05, 0.1) is 0 Å². The van der Waals surface area contributed by atoms with Crippen molar-refractivity contribution in [3.63, 3.8) is 0 Å². The molecular formula is C28H26O2. The summed E-state index contributed by atoms with van der Waals surface area (Å²) < 4.78 is 0. The Morgan fingerprint density at radius 3 is 1.17 bits per heavy atom. The minimum atomic E-state index is 0.0526. The van der Waals surface area contributed by atoms with Crippen LogP contribution in [0.1, 0.15) is 45.2 Å². The van der Waals surface area contributed by atoms with Gasteiger partial charge in [0.2, 0.25) is 0 Å². The van der Waals surface area contributed by atoms with Gasteiger partial charge in [-0.15, -0.1) is 0 Å². The largest absolute Gasteiger partial charge is 0.508 e. The molecule has 0 saturated carbocycles.